The van der Waals surface area contributed by atoms with Crippen molar-refractivity contribution in [2.45, 2.75) is 291 Å². The number of unbranched alkanes of at least 4 members (excludes halogenated alkanes) is 27. The molecule has 0 aromatic heterocycles. The van der Waals surface area contributed by atoms with Crippen LogP contribution in [0.15, 0.2) is 0 Å². The molecular formula is C45H93N. The summed E-state index contributed by atoms with van der Waals surface area (Å²) in [4.78, 5) is 3.04. The molecule has 0 N–H and O–H groups in total. The summed E-state index contributed by atoms with van der Waals surface area (Å²) < 4.78 is 0. The molecule has 0 fully saturated rings. The molecule has 0 saturated heterocycles. The van der Waals surface area contributed by atoms with Crippen molar-refractivity contribution in [2.75, 3.05) is 0 Å². The van der Waals surface area contributed by atoms with E-state index < -0.39 is 0 Å². The monoisotopic (exact) mass is 648 g/mol. The number of hydrogen-bond acceptors (Lipinski definition) is 1. The van der Waals surface area contributed by atoms with Crippen LogP contribution in [-0.4, -0.2) is 21.5 Å². The van der Waals surface area contributed by atoms with Crippen molar-refractivity contribution >= 4 is 0 Å². The van der Waals surface area contributed by atoms with E-state index in [4.69, 9.17) is 0 Å². The third-order valence-electron chi connectivity index (χ3n) is 11.2. The van der Waals surface area contributed by atoms with E-state index in [9.17, 15) is 0 Å². The summed E-state index contributed by atoms with van der Waals surface area (Å²) in [6, 6.07) is 0. The minimum absolute atomic E-state index is 0.240. The van der Waals surface area contributed by atoms with Gasteiger partial charge in [0.2, 0.25) is 0 Å². The molecule has 0 saturated carbocycles. The summed E-state index contributed by atoms with van der Waals surface area (Å²) in [5.41, 5.74) is 0.721. The van der Waals surface area contributed by atoms with Gasteiger partial charge in [-0.15, -0.1) is 0 Å². The lowest BCUT2D eigenvalue weighted by Crippen LogP contribution is -2.64. The van der Waals surface area contributed by atoms with Crippen molar-refractivity contribution in [1.82, 2.24) is 4.90 Å². The van der Waals surface area contributed by atoms with Crippen LogP contribution in [0.5, 0.6) is 0 Å². The van der Waals surface area contributed by atoms with E-state index in [2.05, 4.69) is 67.2 Å². The van der Waals surface area contributed by atoms with Crippen molar-refractivity contribution in [3.05, 3.63) is 0 Å². The molecule has 1 heteroatoms. The van der Waals surface area contributed by atoms with Crippen molar-refractivity contribution in [1.29, 1.82) is 0 Å². The second-order valence-corrected chi connectivity index (χ2v) is 17.6. The molecular weight excluding hydrogens is 555 g/mol. The first-order chi connectivity index (χ1) is 22.0. The van der Waals surface area contributed by atoms with Crippen LogP contribution < -0.4 is 0 Å². The predicted molar refractivity (Wildman–Crippen MR) is 213 cm³/mol. The fraction of sp³-hybridized carbons (Fsp3) is 1.00. The molecule has 0 unspecified atom stereocenters. The average molecular weight is 648 g/mol. The Hall–Kier alpha value is -0.0400. The molecule has 278 valence electrons. The Morgan fingerprint density at radius 2 is 0.391 bits per heavy atom. The van der Waals surface area contributed by atoms with E-state index in [-0.39, 0.29) is 16.6 Å². The van der Waals surface area contributed by atoms with Crippen molar-refractivity contribution in [3.8, 4) is 0 Å². The van der Waals surface area contributed by atoms with Crippen molar-refractivity contribution < 1.29 is 0 Å². The van der Waals surface area contributed by atoms with Gasteiger partial charge < -0.3 is 0 Å². The van der Waals surface area contributed by atoms with Gasteiger partial charge >= 0.3 is 0 Å². The van der Waals surface area contributed by atoms with Crippen LogP contribution in [0.2, 0.25) is 0 Å². The van der Waals surface area contributed by atoms with E-state index in [1.165, 1.54) is 212 Å². The summed E-state index contributed by atoms with van der Waals surface area (Å²) in [5, 5.41) is 0. The Morgan fingerprint density at radius 3 is 0.565 bits per heavy atom. The summed E-state index contributed by atoms with van der Waals surface area (Å²) in [7, 11) is 0. The lowest BCUT2D eigenvalue weighted by molar-refractivity contribution is -0.0784. The van der Waals surface area contributed by atoms with Crippen molar-refractivity contribution in [3.63, 3.8) is 0 Å². The average Bonchev–Trinajstić information content (AvgIpc) is 2.99. The maximum atomic E-state index is 3.04. The fourth-order valence-electron chi connectivity index (χ4n) is 8.93. The van der Waals surface area contributed by atoms with Gasteiger partial charge in [-0.05, 0) is 60.8 Å². The smallest absolute Gasteiger partial charge is 0.0163 e. The molecule has 0 aromatic carbocycles. The van der Waals surface area contributed by atoms with Gasteiger partial charge in [-0.2, -0.15) is 0 Å². The zero-order valence-electron chi connectivity index (χ0n) is 34.3. The SMILES string of the molecule is CCCCCCCCCCCCC(C)(C)N(C(C)(C)CCCCCCCCCCCC)C(C)(C)CCCCCCCCCCCC. The minimum atomic E-state index is 0.240. The molecule has 46 heavy (non-hydrogen) atoms. The Bertz CT molecular complexity index is 531. The summed E-state index contributed by atoms with van der Waals surface area (Å²) in [5.74, 6) is 0. The van der Waals surface area contributed by atoms with E-state index >= 15 is 0 Å². The molecule has 0 aliphatic heterocycles. The highest BCUT2D eigenvalue weighted by atomic mass is 15.3. The molecule has 0 radical (unpaired) electrons. The van der Waals surface area contributed by atoms with Crippen LogP contribution in [0.3, 0.4) is 0 Å². The third kappa shape index (κ3) is 25.0. The van der Waals surface area contributed by atoms with Crippen LogP contribution in [0.1, 0.15) is 274 Å². The molecule has 0 bridgehead atoms. The Kier molecular flexibility index (Phi) is 29.8. The Labute approximate surface area is 295 Å². The molecule has 1 nitrogen and oxygen atoms in total. The Morgan fingerprint density at radius 1 is 0.239 bits per heavy atom. The number of rotatable bonds is 36. The summed E-state index contributed by atoms with van der Waals surface area (Å²) in [6.45, 7) is 22.6. The van der Waals surface area contributed by atoms with Gasteiger partial charge in [-0.3, -0.25) is 4.90 Å². The molecule has 0 atom stereocenters. The number of hydrogen-bond donors (Lipinski definition) is 0. The third-order valence-corrected chi connectivity index (χ3v) is 11.2. The molecule has 0 aliphatic carbocycles. The quantitative estimate of drug-likeness (QED) is 0.0612. The van der Waals surface area contributed by atoms with Gasteiger partial charge in [0, 0.05) is 16.6 Å². The zero-order valence-corrected chi connectivity index (χ0v) is 34.3. The van der Waals surface area contributed by atoms with Gasteiger partial charge in [0.25, 0.3) is 0 Å². The molecule has 0 spiro atoms. The maximum Gasteiger partial charge on any atom is 0.0163 e. The van der Waals surface area contributed by atoms with Gasteiger partial charge in [-0.1, -0.05) is 213 Å². The highest BCUT2D eigenvalue weighted by Crippen LogP contribution is 2.41. The first-order valence-electron chi connectivity index (χ1n) is 21.9. The first-order valence-corrected chi connectivity index (χ1v) is 21.9. The van der Waals surface area contributed by atoms with Crippen LogP contribution in [-0.2, 0) is 0 Å². The van der Waals surface area contributed by atoms with Gasteiger partial charge in [-0.25, -0.2) is 0 Å². The summed E-state index contributed by atoms with van der Waals surface area (Å²) in [6.07, 6.45) is 46.9. The maximum absolute atomic E-state index is 3.04. The molecule has 0 rings (SSSR count). The van der Waals surface area contributed by atoms with Crippen LogP contribution in [0.4, 0.5) is 0 Å². The van der Waals surface area contributed by atoms with Gasteiger partial charge in [0.15, 0.2) is 0 Å². The summed E-state index contributed by atoms with van der Waals surface area (Å²) >= 11 is 0. The van der Waals surface area contributed by atoms with Gasteiger partial charge in [0.1, 0.15) is 0 Å². The topological polar surface area (TPSA) is 3.24 Å². The zero-order chi connectivity index (χ0) is 34.4. The highest BCUT2D eigenvalue weighted by molar-refractivity contribution is 5.00. The normalized spacial score (nSPS) is 12.9. The Balaban J connectivity index is 4.92. The second kappa shape index (κ2) is 29.8. The molecule has 0 heterocycles. The van der Waals surface area contributed by atoms with Crippen LogP contribution in [0.25, 0.3) is 0 Å². The lowest BCUT2D eigenvalue weighted by atomic mass is 9.78. The fourth-order valence-corrected chi connectivity index (χ4v) is 8.93. The van der Waals surface area contributed by atoms with Gasteiger partial charge in [0.05, 0.1) is 0 Å². The standard InChI is InChI=1S/C45H93N/c1-10-13-16-19-22-25-28-31-34-37-40-43(4,5)46(44(6,7)41-38-35-32-29-26-23-20-17-14-11-2)45(8,9)42-39-36-33-30-27-24-21-18-15-12-3/h10-42H2,1-9H3. The highest BCUT2D eigenvalue weighted by Gasteiger charge is 2.45. The van der Waals surface area contributed by atoms with Crippen LogP contribution >= 0.6 is 0 Å². The minimum Gasteiger partial charge on any atom is -0.288 e. The van der Waals surface area contributed by atoms with E-state index in [1.54, 1.807) is 0 Å². The van der Waals surface area contributed by atoms with Crippen molar-refractivity contribution in [2.24, 2.45) is 0 Å². The molecule has 0 amide bonds. The number of nitrogens with zero attached hydrogens (tertiary/aromatic N) is 1. The van der Waals surface area contributed by atoms with E-state index in [1.807, 2.05) is 0 Å². The van der Waals surface area contributed by atoms with E-state index in [0.717, 1.165) is 0 Å². The van der Waals surface area contributed by atoms with E-state index in [0.29, 0.717) is 0 Å². The molecule has 0 aromatic rings. The first kappa shape index (κ1) is 46.0. The lowest BCUT2D eigenvalue weighted by Gasteiger charge is -2.57. The predicted octanol–water partition coefficient (Wildman–Crippen LogP) is 16.6. The largest absolute Gasteiger partial charge is 0.288 e. The van der Waals surface area contributed by atoms with Crippen LogP contribution in [0, 0.1) is 0 Å². The molecule has 0 aliphatic rings. The second-order valence-electron chi connectivity index (χ2n) is 17.6.